The minimum Gasteiger partial charge on any atom is -0.406 e. The molecule has 0 saturated carbocycles. The van der Waals surface area contributed by atoms with E-state index in [1.807, 2.05) is 0 Å². The summed E-state index contributed by atoms with van der Waals surface area (Å²) in [6, 6.07) is -0.0556. The third kappa shape index (κ3) is 11.5. The van der Waals surface area contributed by atoms with E-state index in [-0.39, 0.29) is 24.5 Å². The normalized spacial score (nSPS) is 20.5. The van der Waals surface area contributed by atoms with Crippen LogP contribution in [0.3, 0.4) is 0 Å². The van der Waals surface area contributed by atoms with Crippen LogP contribution >= 0.6 is 0 Å². The zero-order valence-electron chi connectivity index (χ0n) is 31.8. The van der Waals surface area contributed by atoms with Crippen LogP contribution in [0.2, 0.25) is 0 Å². The number of halogens is 12. The van der Waals surface area contributed by atoms with E-state index in [0.29, 0.717) is 0 Å². The fourth-order valence-electron chi connectivity index (χ4n) is 7.26. The van der Waals surface area contributed by atoms with Crippen molar-refractivity contribution >= 4 is 29.1 Å². The van der Waals surface area contributed by atoms with Crippen LogP contribution in [0.5, 0.6) is 11.5 Å². The van der Waals surface area contributed by atoms with Gasteiger partial charge in [0, 0.05) is 62.5 Å². The Morgan fingerprint density at radius 1 is 0.677 bits per heavy atom. The van der Waals surface area contributed by atoms with Gasteiger partial charge in [-0.2, -0.15) is 0 Å². The van der Waals surface area contributed by atoms with Gasteiger partial charge in [0.2, 0.25) is 0 Å². The number of nitrogens with two attached hydrogens (primary N) is 2. The maximum atomic E-state index is 16.3. The van der Waals surface area contributed by atoms with Gasteiger partial charge in [-0.15, -0.1) is 26.3 Å². The predicted molar refractivity (Wildman–Crippen MR) is 195 cm³/mol. The zero-order chi connectivity index (χ0) is 45.2. The molecule has 2 saturated heterocycles. The number of hydrogen-bond donors (Lipinski definition) is 4. The molecule has 62 heavy (non-hydrogen) atoms. The van der Waals surface area contributed by atoms with E-state index in [0.717, 1.165) is 70.7 Å². The number of nitrogens with zero attached hydrogens (tertiary/aromatic N) is 6. The van der Waals surface area contributed by atoms with Gasteiger partial charge >= 0.3 is 12.7 Å². The molecule has 0 spiro atoms. The average molecular weight is 897 g/mol. The van der Waals surface area contributed by atoms with Crippen molar-refractivity contribution in [2.75, 3.05) is 36.8 Å². The van der Waals surface area contributed by atoms with Crippen LogP contribution in [0.15, 0.2) is 60.9 Å². The van der Waals surface area contributed by atoms with Crippen molar-refractivity contribution in [3.05, 3.63) is 83.9 Å². The first-order valence-corrected chi connectivity index (χ1v) is 18.6. The Labute approximate surface area is 343 Å². The van der Waals surface area contributed by atoms with Crippen LogP contribution in [-0.4, -0.2) is 98.4 Å². The number of likely N-dealkylation sites (tertiary alicyclic amines) is 2. The number of rotatable bonds is 14. The van der Waals surface area contributed by atoms with Gasteiger partial charge in [0.15, 0.2) is 5.78 Å². The molecule has 6 heterocycles. The van der Waals surface area contributed by atoms with Gasteiger partial charge in [0.05, 0.1) is 13.1 Å². The highest BCUT2D eigenvalue weighted by Gasteiger charge is 2.52. The largest absolute Gasteiger partial charge is 0.573 e. The minimum absolute atomic E-state index is 0.344. The Kier molecular flexibility index (Phi) is 13.4. The average Bonchev–Trinajstić information content (AvgIpc) is 3.16. The number of pyridine rings is 4. The maximum absolute atomic E-state index is 16.3. The molecule has 6 rings (SSSR count). The number of carbonyl (C=O) groups excluding carboxylic acids is 1. The molecule has 4 aromatic rings. The molecule has 336 valence electrons. The standard InChI is InChI=1S/C37H36F12N10O3/c38-23-1-3-25(54-27-13-21(7-11-52-27)61-36(44,45)46)56-29(23)31(58-17-34(40,41)9-5-19(58)15-50)33(60)32(59-18-35(42,43)10-6-20(59)16-51)30-24(39)2-4-26(57-30)55-28-14-22(8-12-53-28)62-37(47,48)49/h1-4,7-8,11-14,19-20,31-32H,5-6,9-10,15-18,50-51H2,(H,52,54,56)(H,53,55,57)/t19?,20?,31-,32-/m1/s1. The van der Waals surface area contributed by atoms with Crippen molar-refractivity contribution in [1.29, 1.82) is 0 Å². The van der Waals surface area contributed by atoms with E-state index in [1.54, 1.807) is 0 Å². The monoisotopic (exact) mass is 896 g/mol. The molecule has 0 aromatic carbocycles. The number of piperidine rings is 2. The van der Waals surface area contributed by atoms with Crippen molar-refractivity contribution < 1.29 is 67.0 Å². The zero-order valence-corrected chi connectivity index (χ0v) is 31.8. The van der Waals surface area contributed by atoms with Crippen molar-refractivity contribution in [3.8, 4) is 11.5 Å². The molecule has 2 unspecified atom stereocenters. The molecule has 4 aromatic heterocycles. The lowest BCUT2D eigenvalue weighted by molar-refractivity contribution is -0.275. The number of ether oxygens (including phenoxy) is 2. The third-order valence-corrected chi connectivity index (χ3v) is 9.91. The molecule has 2 fully saturated rings. The molecule has 0 radical (unpaired) electrons. The summed E-state index contributed by atoms with van der Waals surface area (Å²) in [4.78, 5) is 33.1. The van der Waals surface area contributed by atoms with E-state index in [9.17, 15) is 26.3 Å². The molecule has 2 aliphatic rings. The van der Waals surface area contributed by atoms with E-state index in [4.69, 9.17) is 11.5 Å². The predicted octanol–water partition coefficient (Wildman–Crippen LogP) is 7.30. The lowest BCUT2D eigenvalue weighted by atomic mass is 9.88. The second-order valence-electron chi connectivity index (χ2n) is 14.3. The lowest BCUT2D eigenvalue weighted by Crippen LogP contribution is -2.58. The minimum atomic E-state index is -5.10. The number of anilines is 4. The van der Waals surface area contributed by atoms with Crippen molar-refractivity contribution in [2.24, 2.45) is 11.5 Å². The highest BCUT2D eigenvalue weighted by molar-refractivity contribution is 5.91. The summed E-state index contributed by atoms with van der Waals surface area (Å²) in [5.41, 5.74) is 10.2. The van der Waals surface area contributed by atoms with Crippen LogP contribution in [-0.2, 0) is 4.79 Å². The van der Waals surface area contributed by atoms with Crippen LogP contribution in [0.1, 0.15) is 49.2 Å². The summed E-state index contributed by atoms with van der Waals surface area (Å²) < 4.78 is 179. The summed E-state index contributed by atoms with van der Waals surface area (Å²) in [5, 5.41) is 5.04. The highest BCUT2D eigenvalue weighted by atomic mass is 19.4. The fraction of sp³-hybridized carbons (Fsp3) is 0.432. The van der Waals surface area contributed by atoms with Crippen molar-refractivity contribution in [3.63, 3.8) is 0 Å². The van der Waals surface area contributed by atoms with Gasteiger partial charge in [-0.3, -0.25) is 14.6 Å². The molecular weight excluding hydrogens is 860 g/mol. The van der Waals surface area contributed by atoms with Gasteiger partial charge in [-0.25, -0.2) is 46.3 Å². The van der Waals surface area contributed by atoms with Crippen LogP contribution in [0.4, 0.5) is 76.0 Å². The first-order chi connectivity index (χ1) is 29.0. The quantitative estimate of drug-likeness (QED) is 0.0932. The summed E-state index contributed by atoms with van der Waals surface area (Å²) in [6.07, 6.45) is -10.5. The first-order valence-electron chi connectivity index (χ1n) is 18.6. The van der Waals surface area contributed by atoms with E-state index >= 15 is 31.1 Å². The highest BCUT2D eigenvalue weighted by Crippen LogP contribution is 2.43. The van der Waals surface area contributed by atoms with Crippen LogP contribution < -0.4 is 31.6 Å². The number of carbonyl (C=O) groups is 1. The smallest absolute Gasteiger partial charge is 0.406 e. The molecule has 0 bridgehead atoms. The Morgan fingerprint density at radius 3 is 1.42 bits per heavy atom. The molecule has 13 nitrogen and oxygen atoms in total. The second kappa shape index (κ2) is 18.1. The number of hydrogen-bond acceptors (Lipinski definition) is 13. The Balaban J connectivity index is 1.50. The molecular formula is C37H36F12N10O3. The topological polar surface area (TPSA) is 170 Å². The van der Waals surface area contributed by atoms with Gasteiger partial charge < -0.3 is 31.6 Å². The number of ketones is 1. The summed E-state index contributed by atoms with van der Waals surface area (Å²) in [5.74, 6) is -14.1. The Hall–Kier alpha value is -5.53. The van der Waals surface area contributed by atoms with E-state index in [2.05, 4.69) is 40.0 Å². The van der Waals surface area contributed by atoms with Gasteiger partial charge in [-0.05, 0) is 49.2 Å². The fourth-order valence-corrected chi connectivity index (χ4v) is 7.26. The van der Waals surface area contributed by atoms with Gasteiger partial charge in [0.1, 0.15) is 69.9 Å². The molecule has 2 aliphatic heterocycles. The van der Waals surface area contributed by atoms with Crippen LogP contribution in [0, 0.1) is 11.6 Å². The van der Waals surface area contributed by atoms with Crippen molar-refractivity contribution in [2.45, 2.75) is 74.4 Å². The Morgan fingerprint density at radius 2 is 1.06 bits per heavy atom. The summed E-state index contributed by atoms with van der Waals surface area (Å²) in [6.45, 7) is -3.32. The van der Waals surface area contributed by atoms with E-state index < -0.39 is 140 Å². The van der Waals surface area contributed by atoms with Gasteiger partial charge in [-0.1, -0.05) is 0 Å². The molecule has 6 N–H and O–H groups in total. The van der Waals surface area contributed by atoms with Gasteiger partial charge in [0.25, 0.3) is 11.8 Å². The maximum Gasteiger partial charge on any atom is 0.573 e. The van der Waals surface area contributed by atoms with Crippen LogP contribution in [0.25, 0.3) is 0 Å². The Bertz CT molecular complexity index is 2070. The summed E-state index contributed by atoms with van der Waals surface area (Å²) >= 11 is 0. The number of aromatic nitrogens is 4. The lowest BCUT2D eigenvalue weighted by Gasteiger charge is -2.46. The summed E-state index contributed by atoms with van der Waals surface area (Å²) in [7, 11) is 0. The first kappa shape index (κ1) is 46.0. The molecule has 4 atom stereocenters. The number of nitrogens with one attached hydrogen (secondary N) is 2. The molecule has 25 heteroatoms. The van der Waals surface area contributed by atoms with E-state index in [1.165, 1.54) is 0 Å². The molecule has 0 aliphatic carbocycles. The second-order valence-corrected chi connectivity index (χ2v) is 14.3. The molecule has 0 amide bonds. The SMILES string of the molecule is NCC1CCC(F)(F)CN1[C@@H](C(=O)[C@@H](c1nc(Nc2cc(OC(F)(F)F)ccn2)ccc1F)N1CC(F)(F)CCC1CN)c1nc(Nc2cc(OC(F)(F)F)ccn2)ccc1F. The van der Waals surface area contributed by atoms with Crippen molar-refractivity contribution in [1.82, 2.24) is 29.7 Å². The number of Topliss-reactive ketones (excluding diaryl/α,β-unsaturated/α-hetero) is 1. The number of alkyl halides is 10. The third-order valence-electron chi connectivity index (χ3n) is 9.91.